The Bertz CT molecular complexity index is 5180. The van der Waals surface area contributed by atoms with Gasteiger partial charge in [0, 0.05) is 128 Å². The number of carbonyl (C=O) groups excluding carboxylic acids is 7. The number of allylic oxidation sites excluding steroid dienone is 6. The van der Waals surface area contributed by atoms with Gasteiger partial charge in [0.2, 0.25) is 35.3 Å². The van der Waals surface area contributed by atoms with Gasteiger partial charge in [-0.05, 0) is 158 Å². The fraction of sp³-hybridized carbons (Fsp3) is 0.624. The number of nitrogens with zero attached hydrogens (tertiary/aromatic N) is 5. The second-order valence-electron chi connectivity index (χ2n) is 39.9. The number of ether oxygens (including phenoxy) is 9. The number of benzene rings is 3. The van der Waals surface area contributed by atoms with E-state index in [2.05, 4.69) is 223 Å². The van der Waals surface area contributed by atoms with Crippen LogP contribution in [0.3, 0.4) is 0 Å². The minimum Gasteiger partial charge on any atom is -1.00 e. The number of anilines is 3. The Balaban J connectivity index is 0.0000166. The normalized spacial score (nSPS) is 30.0. The lowest BCUT2D eigenvalue weighted by Crippen LogP contribution is -3.00. The van der Waals surface area contributed by atoms with Crippen LogP contribution in [0.4, 0.5) is 23.0 Å². The van der Waals surface area contributed by atoms with E-state index in [1.165, 1.54) is 73.8 Å². The molecule has 0 bridgehead atoms. The van der Waals surface area contributed by atoms with Crippen molar-refractivity contribution >= 4 is 104 Å². The summed E-state index contributed by atoms with van der Waals surface area (Å²) in [5.41, 5.74) is 12.2. The third-order valence-electron chi connectivity index (χ3n) is 29.4. The Labute approximate surface area is 812 Å². The summed E-state index contributed by atoms with van der Waals surface area (Å²) in [5, 5.41) is 38.8. The molecule has 0 aliphatic carbocycles. The smallest absolute Gasteiger partial charge is 0.295 e. The summed E-state index contributed by atoms with van der Waals surface area (Å²) in [6.07, 6.45) is 16.6. The van der Waals surface area contributed by atoms with Crippen LogP contribution in [-0.4, -0.2) is 225 Å². The zero-order valence-corrected chi connectivity index (χ0v) is 83.6. The van der Waals surface area contributed by atoms with Gasteiger partial charge in [0.15, 0.2) is 40.9 Å². The van der Waals surface area contributed by atoms with Crippen molar-refractivity contribution in [2.24, 2.45) is 41.4 Å². The SMILES string of the molecule is CO[C@@H]1C[C@@H](C[C@H]2CC[C@H](C)C([C@@H](C)C(=O)NCCSSC[C@H](NC(=O)C(CCCNC(=O)CCCCCN3C(=CC=CC=CC4=[N+](C)c5ccccc5C4(C)C)C(C)(C)c4ccccc43)NC(=O)CC[C@H](NC(=O)c3ccc(NCc4cnc5nc(N)[nH]c(=O)c5n4)cc3)OC=O)OC=O)O2)O[C@]2(O[C@@](C)(C3CC[C@@](C)([C@@H]4O[C@@H]([C@@H]5O[C@@](O)(CO)[C@H](C)C[C@@H]5C)C[C@@H]4C)O3)C[C@H]2C)[C@@H]1C.[Cl-]. The maximum Gasteiger partial charge on any atom is 0.295 e. The van der Waals surface area contributed by atoms with E-state index >= 15 is 0 Å². The Morgan fingerprint density at radius 1 is 0.735 bits per heavy atom. The molecule has 3 unspecified atom stereocenters. The lowest BCUT2D eigenvalue weighted by Gasteiger charge is -2.50. The molecule has 35 heteroatoms. The van der Waals surface area contributed by atoms with E-state index in [1.807, 2.05) is 13.8 Å². The molecule has 744 valence electrons. The van der Waals surface area contributed by atoms with Crippen molar-refractivity contribution in [3.8, 4) is 0 Å². The molecule has 0 radical (unpaired) electrons. The topological polar surface area (TPSA) is 419 Å². The zero-order chi connectivity index (χ0) is 96.9. The Hall–Kier alpha value is -8.91. The van der Waals surface area contributed by atoms with Gasteiger partial charge in [0.1, 0.15) is 13.1 Å². The van der Waals surface area contributed by atoms with Gasteiger partial charge >= 0.3 is 0 Å². The number of nitrogens with two attached hydrogens (primary N) is 1. The molecule has 6 fully saturated rings. The van der Waals surface area contributed by atoms with Gasteiger partial charge in [-0.3, -0.25) is 43.3 Å². The number of rotatable bonds is 43. The molecule has 136 heavy (non-hydrogen) atoms. The van der Waals surface area contributed by atoms with Crippen LogP contribution < -0.4 is 60.5 Å². The highest BCUT2D eigenvalue weighted by Crippen LogP contribution is 2.58. The minimum atomic E-state index is -1.61. The van der Waals surface area contributed by atoms with Gasteiger partial charge in [-0.15, -0.1) is 0 Å². The Morgan fingerprint density at radius 2 is 1.48 bits per heavy atom. The summed E-state index contributed by atoms with van der Waals surface area (Å²) in [6.45, 7) is 29.3. The van der Waals surface area contributed by atoms with Gasteiger partial charge in [-0.1, -0.05) is 145 Å². The third-order valence-corrected chi connectivity index (χ3v) is 31.8. The van der Waals surface area contributed by atoms with Crippen LogP contribution in [0.1, 0.15) is 226 Å². The number of aromatic nitrogens is 4. The van der Waals surface area contributed by atoms with Crippen LogP contribution in [0.25, 0.3) is 11.2 Å². The van der Waals surface area contributed by atoms with E-state index in [0.717, 1.165) is 51.5 Å². The molecule has 8 aliphatic rings. The first kappa shape index (κ1) is 106. The summed E-state index contributed by atoms with van der Waals surface area (Å²) in [7, 11) is 6.58. The number of amides is 5. The monoisotopic (exact) mass is 1940 g/mol. The van der Waals surface area contributed by atoms with E-state index in [4.69, 9.17) is 48.4 Å². The van der Waals surface area contributed by atoms with E-state index in [1.54, 1.807) is 19.2 Å². The molecule has 10 heterocycles. The molecule has 3 aromatic carbocycles. The number of nitrogens with one attached hydrogen (secondary N) is 7. The number of unbranched alkanes of at least 4 members (excludes halogenated alkanes) is 2. The number of halogens is 1. The van der Waals surface area contributed by atoms with Crippen molar-refractivity contribution in [3.05, 3.63) is 148 Å². The van der Waals surface area contributed by atoms with Crippen molar-refractivity contribution in [2.75, 3.05) is 67.9 Å². The molecule has 32 nitrogen and oxygen atoms in total. The van der Waals surface area contributed by atoms with Gasteiger partial charge < -0.3 is 108 Å². The highest BCUT2D eigenvalue weighted by molar-refractivity contribution is 8.76. The van der Waals surface area contributed by atoms with Crippen LogP contribution in [0, 0.1) is 41.4 Å². The average molecular weight is 1940 g/mol. The first-order chi connectivity index (χ1) is 64.4. The molecule has 2 aromatic heterocycles. The maximum absolute atomic E-state index is 14.4. The maximum atomic E-state index is 14.4. The predicted octanol–water partition coefficient (Wildman–Crippen LogP) is 9.11. The lowest BCUT2D eigenvalue weighted by molar-refractivity contribution is -0.401. The highest BCUT2D eigenvalue weighted by Gasteiger charge is 2.65. The first-order valence-electron chi connectivity index (χ1n) is 48.2. The van der Waals surface area contributed by atoms with Crippen molar-refractivity contribution in [3.63, 3.8) is 0 Å². The number of hydrogen-bond acceptors (Lipinski definition) is 27. The second kappa shape index (κ2) is 46.5. The third kappa shape index (κ3) is 24.6. The van der Waals surface area contributed by atoms with Gasteiger partial charge in [-0.25, -0.2) is 9.97 Å². The Morgan fingerprint density at radius 3 is 2.22 bits per heavy atom. The zero-order valence-electron chi connectivity index (χ0n) is 81.3. The molecule has 1 spiro atoms. The number of aliphatic hydroxyl groups is 2. The molecule has 5 amide bonds. The number of H-pyrrole nitrogens is 1. The van der Waals surface area contributed by atoms with Crippen molar-refractivity contribution in [2.45, 2.75) is 307 Å². The molecule has 0 saturated carbocycles. The number of para-hydroxylation sites is 2. The van der Waals surface area contributed by atoms with Crippen LogP contribution in [-0.2, 0) is 88.8 Å². The van der Waals surface area contributed by atoms with Crippen LogP contribution in [0.5, 0.6) is 0 Å². The Kier molecular flexibility index (Phi) is 36.2. The molecule has 13 rings (SSSR count). The molecule has 11 N–H and O–H groups in total. The summed E-state index contributed by atoms with van der Waals surface area (Å²) in [6, 6.07) is 22.2. The number of carbonyl (C=O) groups is 7. The summed E-state index contributed by atoms with van der Waals surface area (Å²) in [5.74, 6) is -4.81. The molecular weight excluding hydrogens is 1800 g/mol. The summed E-state index contributed by atoms with van der Waals surface area (Å²) in [4.78, 5) is 123. The molecular formula is C101H142ClN13O19S2. The number of aliphatic hydroxyl groups excluding tert-OH is 1. The highest BCUT2D eigenvalue weighted by atomic mass is 35.5. The van der Waals surface area contributed by atoms with Crippen LogP contribution >= 0.6 is 21.6 Å². The number of nitrogen functional groups attached to an aromatic ring is 1. The molecule has 22 atom stereocenters. The van der Waals surface area contributed by atoms with Crippen LogP contribution in [0.2, 0.25) is 0 Å². The summed E-state index contributed by atoms with van der Waals surface area (Å²) < 4.78 is 61.2. The number of hydrogen-bond donors (Lipinski definition) is 10. The number of methoxy groups -OCH3 is 1. The standard InChI is InChI=1S/C101H141N13O19S2.ClH/c1-60-35-40-70(51-71-52-77(125-15)66(7)101(130-71)64(5)53-99(13,133-101)81-43-44-98(12,131-81)89-62(3)50-78(129-89)88-61(2)49-63(4)100(124,57-115)132-88)128-87(60)65(6)91(120)104-46-48-134-135-56-85(127-59-117)110-93(122)74(108-83(119)41-42-84(126-58-116)109-92(121)67-36-38-68(39-37-67)105-54-69-55-106-90-86(107-69)94(123)112-95(102)111-90)29-26-45-103-82(118)34-20-17-25-47-114-76-31-24-22-28-73(76)97(10,11)80(114)33-19-16-18-32-79-96(8,9)72-27-21-23-30-75(72)113(79)14;/h16,18-19,21-24,27-28,30-33,36-39,55,58-66,70-71,74,77-78,81,84-85,87-89,115,124H,17,20,25-26,29,34-35,40-54,56-57H2,1-15H3,(H8-,102,103,104,105,106,108,109,110,111,112,118,119,120,121,122,123);1H/t60-,61-,62-,63+,64+,65+,66+,70+,71+,74?,77+,78+,81?,84+,85+,87?,88+,89+,98-,99+,100-,101+;/m0./s1. The van der Waals surface area contributed by atoms with Crippen molar-refractivity contribution in [1.82, 2.24) is 46.5 Å². The quantitative estimate of drug-likeness (QED) is 0.00434. The largest absolute Gasteiger partial charge is 1.00 e. The van der Waals surface area contributed by atoms with Crippen LogP contribution in [0.15, 0.2) is 120 Å². The number of fused-ring (bicyclic) bond motifs is 3. The first-order valence-corrected chi connectivity index (χ1v) is 50.7. The molecule has 8 aliphatic heterocycles. The van der Waals surface area contributed by atoms with Crippen molar-refractivity contribution < 1.29 is 103 Å². The van der Waals surface area contributed by atoms with E-state index in [9.17, 15) is 48.6 Å². The molecule has 5 aromatic rings. The van der Waals surface area contributed by atoms with E-state index in [-0.39, 0.29) is 206 Å². The van der Waals surface area contributed by atoms with Crippen molar-refractivity contribution in [1.29, 1.82) is 0 Å². The van der Waals surface area contributed by atoms with E-state index in [0.29, 0.717) is 55.8 Å². The number of aromatic amines is 1. The minimum absolute atomic E-state index is 0. The second-order valence-corrected chi connectivity index (χ2v) is 42.5. The predicted molar refractivity (Wildman–Crippen MR) is 518 cm³/mol. The molecule has 6 saturated heterocycles. The summed E-state index contributed by atoms with van der Waals surface area (Å²) >= 11 is 0. The lowest BCUT2D eigenvalue weighted by atomic mass is 9.78. The average Bonchev–Trinajstić information content (AvgIpc) is 1.56. The fourth-order valence-electron chi connectivity index (χ4n) is 21.9. The van der Waals surface area contributed by atoms with Gasteiger partial charge in [0.05, 0.1) is 102 Å². The van der Waals surface area contributed by atoms with Gasteiger partial charge in [0.25, 0.3) is 24.4 Å². The van der Waals surface area contributed by atoms with Gasteiger partial charge in [-0.2, -0.15) is 9.56 Å². The fourth-order valence-corrected chi connectivity index (χ4v) is 23.9. The van der Waals surface area contributed by atoms with E-state index < -0.39 is 77.1 Å².